The molecule has 0 bridgehead atoms. The maximum Gasteiger partial charge on any atom is 0.119 e. The number of nitrogens with zero attached hydrogens (tertiary/aromatic N) is 1. The Bertz CT molecular complexity index is 745. The van der Waals surface area contributed by atoms with E-state index in [1.807, 2.05) is 24.3 Å². The second-order valence-corrected chi connectivity index (χ2v) is 7.23. The molecule has 2 rings (SSSR count). The maximum atomic E-state index is 9.55. The van der Waals surface area contributed by atoms with Crippen molar-refractivity contribution in [3.05, 3.63) is 53.1 Å². The number of nitriles is 1. The minimum atomic E-state index is -0.0117. The highest BCUT2D eigenvalue weighted by atomic mass is 16.5. The highest BCUT2D eigenvalue weighted by molar-refractivity contribution is 5.76. The van der Waals surface area contributed by atoms with Gasteiger partial charge in [-0.05, 0) is 52.3 Å². The topological polar surface area (TPSA) is 33.0 Å². The quantitative estimate of drug-likeness (QED) is 0.733. The number of ether oxygens (including phenoxy) is 1. The van der Waals surface area contributed by atoms with E-state index in [9.17, 15) is 5.26 Å². The molecule has 0 atom stereocenters. The van der Waals surface area contributed by atoms with Crippen molar-refractivity contribution in [3.8, 4) is 22.9 Å². The zero-order valence-electron chi connectivity index (χ0n) is 14.9. The number of hydrogen-bond donors (Lipinski definition) is 0. The van der Waals surface area contributed by atoms with Gasteiger partial charge < -0.3 is 4.74 Å². The summed E-state index contributed by atoms with van der Waals surface area (Å²) >= 11 is 0. The molecule has 2 nitrogen and oxygen atoms in total. The average Bonchev–Trinajstić information content (AvgIpc) is 2.52. The number of rotatable bonds is 3. The van der Waals surface area contributed by atoms with Crippen LogP contribution in [0.2, 0.25) is 0 Å². The highest BCUT2D eigenvalue weighted by Crippen LogP contribution is 2.38. The third kappa shape index (κ3) is 3.56. The van der Waals surface area contributed by atoms with E-state index in [0.717, 1.165) is 16.9 Å². The molecule has 0 radical (unpaired) electrons. The van der Waals surface area contributed by atoms with Gasteiger partial charge in [-0.25, -0.2) is 0 Å². The van der Waals surface area contributed by atoms with Crippen molar-refractivity contribution in [1.29, 1.82) is 5.26 Å². The van der Waals surface area contributed by atoms with Crippen molar-refractivity contribution in [3.63, 3.8) is 0 Å². The monoisotopic (exact) mass is 307 g/mol. The SMILES string of the molecule is COc1ccc(C(C)(C)C)c(-c2cc(C(C)C)ccc2C#N)c1. The van der Waals surface area contributed by atoms with Crippen molar-refractivity contribution in [2.75, 3.05) is 7.11 Å². The highest BCUT2D eigenvalue weighted by Gasteiger charge is 2.21. The van der Waals surface area contributed by atoms with Crippen LogP contribution in [-0.2, 0) is 5.41 Å². The molecule has 0 spiro atoms. The van der Waals surface area contributed by atoms with E-state index < -0.39 is 0 Å². The van der Waals surface area contributed by atoms with Gasteiger partial charge in [0, 0.05) is 5.56 Å². The van der Waals surface area contributed by atoms with Crippen LogP contribution in [0.1, 0.15) is 57.2 Å². The van der Waals surface area contributed by atoms with E-state index in [-0.39, 0.29) is 5.41 Å². The van der Waals surface area contributed by atoms with Crippen molar-refractivity contribution in [2.45, 2.75) is 46.0 Å². The Kier molecular flexibility index (Phi) is 4.80. The molecular weight excluding hydrogens is 282 g/mol. The van der Waals surface area contributed by atoms with Crippen LogP contribution in [0.4, 0.5) is 0 Å². The Morgan fingerprint density at radius 1 is 1.00 bits per heavy atom. The van der Waals surface area contributed by atoms with Crippen molar-refractivity contribution in [1.82, 2.24) is 0 Å². The fourth-order valence-corrected chi connectivity index (χ4v) is 2.77. The van der Waals surface area contributed by atoms with Gasteiger partial charge in [0.2, 0.25) is 0 Å². The standard InChI is InChI=1S/C21H25NO/c1-14(2)15-7-8-16(13-22)18(11-15)19-12-17(23-6)9-10-20(19)21(3,4)5/h7-12,14H,1-6H3. The van der Waals surface area contributed by atoms with Gasteiger partial charge in [-0.1, -0.05) is 46.8 Å². The molecule has 0 heterocycles. The molecular formula is C21H25NO. The first-order valence-electron chi connectivity index (χ1n) is 8.01. The van der Waals surface area contributed by atoms with E-state index in [4.69, 9.17) is 4.74 Å². The largest absolute Gasteiger partial charge is 0.497 e. The molecule has 0 saturated heterocycles. The summed E-state index contributed by atoms with van der Waals surface area (Å²) in [5.74, 6) is 1.23. The molecule has 0 unspecified atom stereocenters. The molecule has 0 aliphatic carbocycles. The second kappa shape index (κ2) is 6.46. The minimum absolute atomic E-state index is 0.0117. The first kappa shape index (κ1) is 17.1. The lowest BCUT2D eigenvalue weighted by atomic mass is 9.80. The average molecular weight is 307 g/mol. The third-order valence-corrected chi connectivity index (χ3v) is 4.16. The fourth-order valence-electron chi connectivity index (χ4n) is 2.77. The summed E-state index contributed by atoms with van der Waals surface area (Å²) < 4.78 is 5.41. The lowest BCUT2D eigenvalue weighted by Gasteiger charge is -2.24. The number of hydrogen-bond acceptors (Lipinski definition) is 2. The summed E-state index contributed by atoms with van der Waals surface area (Å²) in [6, 6.07) is 14.6. The molecule has 0 amide bonds. The van der Waals surface area contributed by atoms with Crippen LogP contribution in [0.3, 0.4) is 0 Å². The Labute approximate surface area is 139 Å². The molecule has 120 valence electrons. The van der Waals surface area contributed by atoms with Crippen LogP contribution >= 0.6 is 0 Å². The normalized spacial score (nSPS) is 11.4. The van der Waals surface area contributed by atoms with Gasteiger partial charge >= 0.3 is 0 Å². The molecule has 0 aromatic heterocycles. The van der Waals surface area contributed by atoms with Crippen LogP contribution in [0, 0.1) is 11.3 Å². The predicted octanol–water partition coefficient (Wildman–Crippen LogP) is 5.65. The van der Waals surface area contributed by atoms with Gasteiger partial charge in [0.05, 0.1) is 18.7 Å². The van der Waals surface area contributed by atoms with E-state index in [2.05, 4.69) is 52.8 Å². The fraction of sp³-hybridized carbons (Fsp3) is 0.381. The van der Waals surface area contributed by atoms with Crippen LogP contribution < -0.4 is 4.74 Å². The molecule has 0 saturated carbocycles. The van der Waals surface area contributed by atoms with Gasteiger partial charge in [0.1, 0.15) is 5.75 Å². The molecule has 23 heavy (non-hydrogen) atoms. The Hall–Kier alpha value is -2.27. The maximum absolute atomic E-state index is 9.55. The minimum Gasteiger partial charge on any atom is -0.497 e. The molecule has 0 aliphatic heterocycles. The van der Waals surface area contributed by atoms with Crippen LogP contribution in [-0.4, -0.2) is 7.11 Å². The molecule has 2 aromatic carbocycles. The van der Waals surface area contributed by atoms with E-state index in [1.165, 1.54) is 11.1 Å². The summed E-state index contributed by atoms with van der Waals surface area (Å²) in [7, 11) is 1.67. The molecule has 2 heteroatoms. The van der Waals surface area contributed by atoms with Crippen molar-refractivity contribution < 1.29 is 4.74 Å². The Balaban J connectivity index is 2.79. The summed E-state index contributed by atoms with van der Waals surface area (Å²) in [5.41, 5.74) is 5.21. The van der Waals surface area contributed by atoms with E-state index in [1.54, 1.807) is 7.11 Å². The third-order valence-electron chi connectivity index (χ3n) is 4.16. The van der Waals surface area contributed by atoms with Crippen molar-refractivity contribution >= 4 is 0 Å². The Morgan fingerprint density at radius 2 is 1.70 bits per heavy atom. The summed E-state index contributed by atoms with van der Waals surface area (Å²) in [4.78, 5) is 0. The lowest BCUT2D eigenvalue weighted by Crippen LogP contribution is -2.13. The van der Waals surface area contributed by atoms with Gasteiger partial charge in [-0.3, -0.25) is 0 Å². The van der Waals surface area contributed by atoms with Crippen LogP contribution in [0.5, 0.6) is 5.75 Å². The molecule has 0 N–H and O–H groups in total. The van der Waals surface area contributed by atoms with Gasteiger partial charge in [-0.2, -0.15) is 5.26 Å². The van der Waals surface area contributed by atoms with Gasteiger partial charge in [0.15, 0.2) is 0 Å². The summed E-state index contributed by atoms with van der Waals surface area (Å²) in [6.07, 6.45) is 0. The van der Waals surface area contributed by atoms with E-state index in [0.29, 0.717) is 11.5 Å². The zero-order valence-corrected chi connectivity index (χ0v) is 14.9. The van der Waals surface area contributed by atoms with E-state index >= 15 is 0 Å². The molecule has 0 aliphatic rings. The second-order valence-electron chi connectivity index (χ2n) is 7.23. The number of methoxy groups -OCH3 is 1. The smallest absolute Gasteiger partial charge is 0.119 e. The molecule has 0 fully saturated rings. The summed E-state index contributed by atoms with van der Waals surface area (Å²) in [6.45, 7) is 10.9. The van der Waals surface area contributed by atoms with Crippen LogP contribution in [0.15, 0.2) is 36.4 Å². The first-order chi connectivity index (χ1) is 10.8. The zero-order chi connectivity index (χ0) is 17.2. The van der Waals surface area contributed by atoms with Crippen LogP contribution in [0.25, 0.3) is 11.1 Å². The number of benzene rings is 2. The lowest BCUT2D eigenvalue weighted by molar-refractivity contribution is 0.414. The summed E-state index contributed by atoms with van der Waals surface area (Å²) in [5, 5.41) is 9.55. The van der Waals surface area contributed by atoms with Crippen molar-refractivity contribution in [2.24, 2.45) is 0 Å². The first-order valence-corrected chi connectivity index (χ1v) is 8.01. The Morgan fingerprint density at radius 3 is 2.22 bits per heavy atom. The van der Waals surface area contributed by atoms with Gasteiger partial charge in [-0.15, -0.1) is 0 Å². The predicted molar refractivity (Wildman–Crippen MR) is 95.9 cm³/mol. The molecule has 2 aromatic rings. The van der Waals surface area contributed by atoms with Gasteiger partial charge in [0.25, 0.3) is 0 Å².